The monoisotopic (exact) mass is 399 g/mol. The Morgan fingerprint density at radius 1 is 1.25 bits per heavy atom. The zero-order valence-electron chi connectivity index (χ0n) is 16.7. The molecule has 7 nitrogen and oxygen atoms in total. The number of para-hydroxylation sites is 2. The van der Waals surface area contributed by atoms with Gasteiger partial charge in [-0.1, -0.05) is 37.2 Å². The maximum absolute atomic E-state index is 12.3. The summed E-state index contributed by atoms with van der Waals surface area (Å²) in [4.78, 5) is 21.4. The highest BCUT2D eigenvalue weighted by Crippen LogP contribution is 2.24. The van der Waals surface area contributed by atoms with Crippen molar-refractivity contribution in [2.45, 2.75) is 45.2 Å². The Morgan fingerprint density at radius 2 is 2.04 bits per heavy atom. The molecule has 3 rings (SSSR count). The number of hydrogen-bond acceptors (Lipinski definition) is 6. The predicted molar refractivity (Wildman–Crippen MR) is 111 cm³/mol. The molecule has 3 aromatic rings. The van der Waals surface area contributed by atoms with Crippen LogP contribution in [0.2, 0.25) is 0 Å². The van der Waals surface area contributed by atoms with Gasteiger partial charge in [0.05, 0.1) is 18.6 Å². The van der Waals surface area contributed by atoms with E-state index >= 15 is 0 Å². The minimum Gasteiger partial charge on any atom is -0.495 e. The number of amides is 1. The number of rotatable bonds is 8. The summed E-state index contributed by atoms with van der Waals surface area (Å²) < 4.78 is 7.03. The van der Waals surface area contributed by atoms with E-state index in [4.69, 9.17) is 4.74 Å². The fourth-order valence-electron chi connectivity index (χ4n) is 3.03. The number of aromatic nitrogens is 4. The largest absolute Gasteiger partial charge is 0.495 e. The molecule has 2 aromatic heterocycles. The molecule has 0 spiro atoms. The first-order chi connectivity index (χ1) is 13.5. The Kier molecular flexibility index (Phi) is 6.51. The summed E-state index contributed by atoms with van der Waals surface area (Å²) >= 11 is 1.29. The molecule has 1 amide bonds. The van der Waals surface area contributed by atoms with Crippen LogP contribution in [0.25, 0.3) is 5.78 Å². The number of nitrogens with one attached hydrogen (secondary N) is 1. The van der Waals surface area contributed by atoms with Gasteiger partial charge in [-0.2, -0.15) is 4.98 Å². The number of anilines is 1. The third kappa shape index (κ3) is 4.44. The molecule has 1 N–H and O–H groups in total. The Hall–Kier alpha value is -2.61. The summed E-state index contributed by atoms with van der Waals surface area (Å²) in [5, 5.41) is 7.93. The van der Waals surface area contributed by atoms with Gasteiger partial charge in [-0.15, -0.1) is 5.10 Å². The Labute approximate surface area is 168 Å². The molecule has 0 bridgehead atoms. The zero-order valence-corrected chi connectivity index (χ0v) is 17.5. The third-order valence-corrected chi connectivity index (χ3v) is 5.36. The van der Waals surface area contributed by atoms with Crippen LogP contribution in [-0.4, -0.2) is 38.4 Å². The van der Waals surface area contributed by atoms with Crippen LogP contribution >= 0.6 is 11.8 Å². The van der Waals surface area contributed by atoms with Gasteiger partial charge in [0.15, 0.2) is 0 Å². The molecule has 0 saturated carbocycles. The molecule has 2 heterocycles. The number of aryl methyl sites for hydroxylation is 2. The van der Waals surface area contributed by atoms with E-state index in [2.05, 4.69) is 27.3 Å². The van der Waals surface area contributed by atoms with Gasteiger partial charge in [0.25, 0.3) is 5.78 Å². The van der Waals surface area contributed by atoms with E-state index in [-0.39, 0.29) is 11.7 Å². The smallest absolute Gasteiger partial charge is 0.253 e. The lowest BCUT2D eigenvalue weighted by Crippen LogP contribution is -2.14. The molecular weight excluding hydrogens is 374 g/mol. The maximum atomic E-state index is 12.3. The van der Waals surface area contributed by atoms with E-state index in [1.54, 1.807) is 23.8 Å². The van der Waals surface area contributed by atoms with Gasteiger partial charge in [-0.05, 0) is 44.4 Å². The molecule has 0 unspecified atom stereocenters. The second kappa shape index (κ2) is 9.05. The molecule has 0 aliphatic heterocycles. The lowest BCUT2D eigenvalue weighted by Gasteiger charge is -2.09. The lowest BCUT2D eigenvalue weighted by molar-refractivity contribution is -0.113. The fraction of sp³-hybridized carbons (Fsp3) is 0.400. The van der Waals surface area contributed by atoms with Crippen LogP contribution in [0.3, 0.4) is 0 Å². The van der Waals surface area contributed by atoms with Gasteiger partial charge < -0.3 is 10.1 Å². The first-order valence-corrected chi connectivity index (χ1v) is 10.3. The van der Waals surface area contributed by atoms with Crippen LogP contribution < -0.4 is 10.1 Å². The quantitative estimate of drug-likeness (QED) is 0.580. The summed E-state index contributed by atoms with van der Waals surface area (Å²) in [6, 6.07) is 7.32. The normalized spacial score (nSPS) is 11.0. The second-order valence-electron chi connectivity index (χ2n) is 6.51. The van der Waals surface area contributed by atoms with Crippen LogP contribution in [0, 0.1) is 13.8 Å². The van der Waals surface area contributed by atoms with Crippen LogP contribution in [0.4, 0.5) is 5.69 Å². The van der Waals surface area contributed by atoms with Crippen molar-refractivity contribution in [2.24, 2.45) is 0 Å². The lowest BCUT2D eigenvalue weighted by atomic mass is 10.1. The van der Waals surface area contributed by atoms with Crippen molar-refractivity contribution in [3.63, 3.8) is 0 Å². The molecule has 28 heavy (non-hydrogen) atoms. The number of carbonyl (C=O) groups is 1. The first-order valence-electron chi connectivity index (χ1n) is 9.32. The number of fused-ring (bicyclic) bond motifs is 1. The van der Waals surface area contributed by atoms with Crippen molar-refractivity contribution in [3.8, 4) is 5.75 Å². The van der Waals surface area contributed by atoms with E-state index in [1.165, 1.54) is 17.3 Å². The highest BCUT2D eigenvalue weighted by molar-refractivity contribution is 7.99. The third-order valence-electron chi connectivity index (χ3n) is 4.52. The minimum absolute atomic E-state index is 0.141. The minimum atomic E-state index is -0.141. The van der Waals surface area contributed by atoms with Crippen LogP contribution in [-0.2, 0) is 11.2 Å². The van der Waals surface area contributed by atoms with Gasteiger partial charge in [0, 0.05) is 11.4 Å². The van der Waals surface area contributed by atoms with E-state index in [0.29, 0.717) is 22.4 Å². The van der Waals surface area contributed by atoms with Crippen molar-refractivity contribution in [3.05, 3.63) is 41.2 Å². The van der Waals surface area contributed by atoms with E-state index in [1.807, 2.05) is 26.0 Å². The van der Waals surface area contributed by atoms with Crippen LogP contribution in [0.15, 0.2) is 29.4 Å². The molecule has 148 valence electrons. The molecule has 0 fully saturated rings. The summed E-state index contributed by atoms with van der Waals surface area (Å²) in [7, 11) is 1.58. The number of hydrogen-bond donors (Lipinski definition) is 1. The Morgan fingerprint density at radius 3 is 2.79 bits per heavy atom. The fourth-order valence-corrected chi connectivity index (χ4v) is 3.65. The number of benzene rings is 1. The van der Waals surface area contributed by atoms with Crippen molar-refractivity contribution in [1.29, 1.82) is 0 Å². The molecule has 8 heteroatoms. The molecule has 1 aromatic carbocycles. The predicted octanol–water partition coefficient (Wildman–Crippen LogP) is 3.82. The number of nitrogens with zero attached hydrogens (tertiary/aromatic N) is 4. The average molecular weight is 400 g/mol. The van der Waals surface area contributed by atoms with Crippen molar-refractivity contribution < 1.29 is 9.53 Å². The van der Waals surface area contributed by atoms with Gasteiger partial charge in [0.1, 0.15) is 5.75 Å². The van der Waals surface area contributed by atoms with Crippen LogP contribution in [0.1, 0.15) is 36.7 Å². The summed E-state index contributed by atoms with van der Waals surface area (Å²) in [6.07, 6.45) is 3.24. The first kappa shape index (κ1) is 20.1. The van der Waals surface area contributed by atoms with Gasteiger partial charge in [-0.25, -0.2) is 9.50 Å². The molecule has 0 aliphatic carbocycles. The van der Waals surface area contributed by atoms with Crippen molar-refractivity contribution in [1.82, 2.24) is 19.6 Å². The number of unbranched alkanes of at least 4 members (excludes halogenated alkanes) is 1. The van der Waals surface area contributed by atoms with E-state index < -0.39 is 0 Å². The Balaban J connectivity index is 1.70. The Bertz CT molecular complexity index is 986. The standard InChI is InChI=1S/C20H25N5O2S/c1-5-6-9-15-13(2)21-19-23-20(24-25(19)14(15)3)28-12-18(26)22-16-10-7-8-11-17(16)27-4/h7-8,10-11H,5-6,9,12H2,1-4H3,(H,22,26). The van der Waals surface area contributed by atoms with Crippen LogP contribution in [0.5, 0.6) is 5.75 Å². The zero-order chi connectivity index (χ0) is 20.1. The average Bonchev–Trinajstić information content (AvgIpc) is 3.10. The molecular formula is C20H25N5O2S. The number of methoxy groups -OCH3 is 1. The van der Waals surface area contributed by atoms with E-state index in [0.717, 1.165) is 30.7 Å². The SMILES string of the molecule is CCCCc1c(C)nc2nc(SCC(=O)Nc3ccccc3OC)nn2c1C. The topological polar surface area (TPSA) is 81.4 Å². The molecule has 0 radical (unpaired) electrons. The van der Waals surface area contributed by atoms with Gasteiger partial charge in [0.2, 0.25) is 11.1 Å². The molecule has 0 aliphatic rings. The van der Waals surface area contributed by atoms with E-state index in [9.17, 15) is 4.79 Å². The highest BCUT2D eigenvalue weighted by Gasteiger charge is 2.15. The highest BCUT2D eigenvalue weighted by atomic mass is 32.2. The number of thioether (sulfide) groups is 1. The molecule has 0 atom stereocenters. The number of ether oxygens (including phenoxy) is 1. The van der Waals surface area contributed by atoms with Gasteiger partial charge in [-0.3, -0.25) is 4.79 Å². The van der Waals surface area contributed by atoms with Crippen molar-refractivity contribution >= 4 is 29.1 Å². The summed E-state index contributed by atoms with van der Waals surface area (Å²) in [5.41, 5.74) is 3.93. The summed E-state index contributed by atoms with van der Waals surface area (Å²) in [5.74, 6) is 1.26. The maximum Gasteiger partial charge on any atom is 0.253 e. The van der Waals surface area contributed by atoms with Gasteiger partial charge >= 0.3 is 0 Å². The van der Waals surface area contributed by atoms with Crippen molar-refractivity contribution in [2.75, 3.05) is 18.2 Å². The summed E-state index contributed by atoms with van der Waals surface area (Å²) in [6.45, 7) is 6.24. The molecule has 0 saturated heterocycles. The second-order valence-corrected chi connectivity index (χ2v) is 7.45. The number of carbonyl (C=O) groups excluding carboxylic acids is 1.